The lowest BCUT2D eigenvalue weighted by Gasteiger charge is -2.30. The molecule has 0 fully saturated rings. The van der Waals surface area contributed by atoms with Crippen LogP contribution in [0, 0.1) is 0 Å². The molecular formula is C76H54N4. The predicted molar refractivity (Wildman–Crippen MR) is 341 cm³/mol. The van der Waals surface area contributed by atoms with E-state index >= 15 is 0 Å². The highest BCUT2D eigenvalue weighted by Gasteiger charge is 2.22. The number of anilines is 12. The van der Waals surface area contributed by atoms with Gasteiger partial charge in [-0.25, -0.2) is 0 Å². The minimum atomic E-state index is 1.07. The standard InChI is InChI=1S/C76H54N4/c1-3-27-61(28-4-1)77(73-35-15-23-57-19-7-11-31-69(57)73)65-47-51-67(52-48-65)79(75-37-17-25-59-21-9-13-33-71(59)75)63-43-39-55(40-44-63)56-41-45-64(46-42-56)80(76-38-18-26-60-22-10-14-34-72(60)76)68-53-49-66(50-54-68)78(62-29-5-2-6-30-62)74-36-16-24-58-20-8-12-32-70(58)74/h1-54H. The lowest BCUT2D eigenvalue weighted by Crippen LogP contribution is -2.13. The number of hydrogen-bond donors (Lipinski definition) is 0. The van der Waals surface area contributed by atoms with Crippen LogP contribution < -0.4 is 19.6 Å². The van der Waals surface area contributed by atoms with E-state index in [0.717, 1.165) is 79.4 Å². The molecule has 14 rings (SSSR count). The Morgan fingerprint density at radius 3 is 0.575 bits per heavy atom. The maximum atomic E-state index is 2.39. The molecule has 14 aromatic rings. The van der Waals surface area contributed by atoms with Crippen molar-refractivity contribution in [3.05, 3.63) is 328 Å². The van der Waals surface area contributed by atoms with Gasteiger partial charge in [-0.05, 0) is 154 Å². The molecule has 0 aliphatic carbocycles. The van der Waals surface area contributed by atoms with Gasteiger partial charge in [0.2, 0.25) is 0 Å². The molecule has 80 heavy (non-hydrogen) atoms. The molecule has 0 unspecified atom stereocenters. The summed E-state index contributed by atoms with van der Waals surface area (Å²) in [4.78, 5) is 9.50. The van der Waals surface area contributed by atoms with Gasteiger partial charge in [-0.15, -0.1) is 0 Å². The summed E-state index contributed by atoms with van der Waals surface area (Å²) in [6.07, 6.45) is 0. The average Bonchev–Trinajstić information content (AvgIpc) is 3.54. The minimum Gasteiger partial charge on any atom is -0.310 e. The van der Waals surface area contributed by atoms with Gasteiger partial charge in [0.25, 0.3) is 0 Å². The van der Waals surface area contributed by atoms with Crippen LogP contribution in [0.1, 0.15) is 0 Å². The second kappa shape index (κ2) is 21.0. The molecule has 14 aromatic carbocycles. The first-order valence-corrected chi connectivity index (χ1v) is 27.3. The van der Waals surface area contributed by atoms with E-state index in [1.54, 1.807) is 0 Å². The lowest BCUT2D eigenvalue weighted by atomic mass is 10.0. The van der Waals surface area contributed by atoms with Crippen molar-refractivity contribution in [3.8, 4) is 11.1 Å². The third-order valence-electron chi connectivity index (χ3n) is 15.4. The number of para-hydroxylation sites is 2. The van der Waals surface area contributed by atoms with Crippen LogP contribution >= 0.6 is 0 Å². The van der Waals surface area contributed by atoms with Gasteiger partial charge in [0.1, 0.15) is 0 Å². The maximum absolute atomic E-state index is 2.39. The Kier molecular flexibility index (Phi) is 12.6. The first kappa shape index (κ1) is 47.7. The van der Waals surface area contributed by atoms with E-state index in [2.05, 4.69) is 347 Å². The molecular weight excluding hydrogens is 969 g/mol. The molecule has 0 aliphatic rings. The Balaban J connectivity index is 0.816. The Morgan fingerprint density at radius 2 is 0.325 bits per heavy atom. The van der Waals surface area contributed by atoms with Crippen LogP contribution in [0.5, 0.6) is 0 Å². The van der Waals surface area contributed by atoms with E-state index in [4.69, 9.17) is 0 Å². The molecule has 0 heterocycles. The first-order valence-electron chi connectivity index (χ1n) is 27.3. The van der Waals surface area contributed by atoms with Crippen molar-refractivity contribution in [1.29, 1.82) is 0 Å². The van der Waals surface area contributed by atoms with Crippen LogP contribution in [-0.2, 0) is 0 Å². The topological polar surface area (TPSA) is 13.0 Å². The van der Waals surface area contributed by atoms with Crippen molar-refractivity contribution in [2.75, 3.05) is 19.6 Å². The largest absolute Gasteiger partial charge is 0.310 e. The second-order valence-corrected chi connectivity index (χ2v) is 20.1. The molecule has 0 bridgehead atoms. The van der Waals surface area contributed by atoms with Crippen LogP contribution in [0.2, 0.25) is 0 Å². The van der Waals surface area contributed by atoms with Crippen LogP contribution in [0.25, 0.3) is 54.2 Å². The normalized spacial score (nSPS) is 11.2. The van der Waals surface area contributed by atoms with Gasteiger partial charge in [0.15, 0.2) is 0 Å². The summed E-state index contributed by atoms with van der Waals surface area (Å²) in [5, 5.41) is 9.57. The molecule has 0 saturated carbocycles. The van der Waals surface area contributed by atoms with Gasteiger partial charge >= 0.3 is 0 Å². The summed E-state index contributed by atoms with van der Waals surface area (Å²) in [7, 11) is 0. The summed E-state index contributed by atoms with van der Waals surface area (Å²) in [5.41, 5.74) is 15.4. The molecule has 0 saturated heterocycles. The Hall–Kier alpha value is -10.7. The van der Waals surface area contributed by atoms with Crippen LogP contribution in [0.3, 0.4) is 0 Å². The fraction of sp³-hybridized carbons (Fsp3) is 0. The van der Waals surface area contributed by atoms with Gasteiger partial charge in [-0.1, -0.05) is 206 Å². The number of fused-ring (bicyclic) bond motifs is 4. The quantitative estimate of drug-likeness (QED) is 0.114. The second-order valence-electron chi connectivity index (χ2n) is 20.1. The molecule has 4 heteroatoms. The third kappa shape index (κ3) is 9.01. The highest BCUT2D eigenvalue weighted by molar-refractivity contribution is 6.03. The van der Waals surface area contributed by atoms with Gasteiger partial charge in [-0.2, -0.15) is 0 Å². The Labute approximate surface area is 467 Å². The smallest absolute Gasteiger partial charge is 0.0540 e. The third-order valence-corrected chi connectivity index (χ3v) is 15.4. The number of rotatable bonds is 13. The fourth-order valence-corrected chi connectivity index (χ4v) is 11.6. The molecule has 0 aromatic heterocycles. The van der Waals surface area contributed by atoms with Crippen molar-refractivity contribution in [2.24, 2.45) is 0 Å². The summed E-state index contributed by atoms with van der Waals surface area (Å²) < 4.78 is 0. The van der Waals surface area contributed by atoms with Crippen molar-refractivity contribution in [3.63, 3.8) is 0 Å². The number of nitrogens with zero attached hydrogens (tertiary/aromatic N) is 4. The van der Waals surface area contributed by atoms with E-state index in [-0.39, 0.29) is 0 Å². The van der Waals surface area contributed by atoms with Gasteiger partial charge in [-0.3, -0.25) is 0 Å². The number of hydrogen-bond acceptors (Lipinski definition) is 4. The van der Waals surface area contributed by atoms with Crippen molar-refractivity contribution in [2.45, 2.75) is 0 Å². The van der Waals surface area contributed by atoms with E-state index in [9.17, 15) is 0 Å². The van der Waals surface area contributed by atoms with Crippen molar-refractivity contribution in [1.82, 2.24) is 0 Å². The maximum Gasteiger partial charge on any atom is 0.0540 e. The fourth-order valence-electron chi connectivity index (χ4n) is 11.6. The van der Waals surface area contributed by atoms with E-state index in [1.165, 1.54) is 43.1 Å². The summed E-state index contributed by atoms with van der Waals surface area (Å²) >= 11 is 0. The highest BCUT2D eigenvalue weighted by atomic mass is 15.2. The summed E-state index contributed by atoms with van der Waals surface area (Å²) in [6, 6.07) is 118. The Morgan fingerprint density at radius 1 is 0.138 bits per heavy atom. The molecule has 0 amide bonds. The monoisotopic (exact) mass is 1020 g/mol. The van der Waals surface area contributed by atoms with Crippen molar-refractivity contribution >= 4 is 111 Å². The van der Waals surface area contributed by atoms with Gasteiger partial charge < -0.3 is 19.6 Å². The van der Waals surface area contributed by atoms with E-state index in [0.29, 0.717) is 0 Å². The van der Waals surface area contributed by atoms with E-state index in [1.807, 2.05) is 0 Å². The molecule has 0 spiro atoms. The molecule has 0 N–H and O–H groups in total. The van der Waals surface area contributed by atoms with Crippen LogP contribution in [0.4, 0.5) is 68.2 Å². The van der Waals surface area contributed by atoms with Crippen LogP contribution in [-0.4, -0.2) is 0 Å². The van der Waals surface area contributed by atoms with Crippen LogP contribution in [0.15, 0.2) is 328 Å². The zero-order chi connectivity index (χ0) is 53.2. The molecule has 0 radical (unpaired) electrons. The first-order chi connectivity index (χ1) is 39.7. The van der Waals surface area contributed by atoms with Crippen molar-refractivity contribution < 1.29 is 0 Å². The number of benzene rings is 14. The summed E-state index contributed by atoms with van der Waals surface area (Å²) in [5.74, 6) is 0. The highest BCUT2D eigenvalue weighted by Crippen LogP contribution is 2.46. The predicted octanol–water partition coefficient (Wildman–Crippen LogP) is 21.8. The minimum absolute atomic E-state index is 1.07. The Bertz CT molecular complexity index is 4150. The zero-order valence-corrected chi connectivity index (χ0v) is 44.0. The average molecular weight is 1020 g/mol. The van der Waals surface area contributed by atoms with E-state index < -0.39 is 0 Å². The molecule has 0 aliphatic heterocycles. The zero-order valence-electron chi connectivity index (χ0n) is 44.0. The molecule has 4 nitrogen and oxygen atoms in total. The summed E-state index contributed by atoms with van der Waals surface area (Å²) in [6.45, 7) is 0. The molecule has 378 valence electrons. The molecule has 0 atom stereocenters. The lowest BCUT2D eigenvalue weighted by molar-refractivity contribution is 1.27. The van der Waals surface area contributed by atoms with Gasteiger partial charge in [0.05, 0.1) is 22.7 Å². The SMILES string of the molecule is c1ccc(N(c2ccc(N(c3ccc(-c4ccc(N(c5ccc(N(c6ccccc6)c6cccc7ccccc67)cc5)c5cccc6ccccc56)cc4)cc3)c3cccc4ccccc34)cc2)c2cccc3ccccc23)cc1. The van der Waals surface area contributed by atoms with Gasteiger partial charge in [0, 0.05) is 67.0 Å².